The predicted octanol–water partition coefficient (Wildman–Crippen LogP) is 2.85. The fourth-order valence-corrected chi connectivity index (χ4v) is 1.75. The van der Waals surface area contributed by atoms with Gasteiger partial charge in [-0.15, -0.1) is 0 Å². The van der Waals surface area contributed by atoms with Gasteiger partial charge < -0.3 is 9.64 Å². The second-order valence-electron chi connectivity index (χ2n) is 4.18. The summed E-state index contributed by atoms with van der Waals surface area (Å²) in [5, 5.41) is 0. The van der Waals surface area contributed by atoms with Crippen LogP contribution in [0.15, 0.2) is 30.3 Å². The maximum absolute atomic E-state index is 11.4. The molecular formula is C14H21NO2. The van der Waals surface area contributed by atoms with Crippen LogP contribution in [0.4, 0.5) is 5.69 Å². The van der Waals surface area contributed by atoms with Crippen molar-refractivity contribution in [2.45, 2.75) is 33.2 Å². The van der Waals surface area contributed by atoms with Gasteiger partial charge in [-0.3, -0.25) is 4.79 Å². The van der Waals surface area contributed by atoms with Gasteiger partial charge in [0.1, 0.15) is 0 Å². The predicted molar refractivity (Wildman–Crippen MR) is 70.2 cm³/mol. The lowest BCUT2D eigenvalue weighted by molar-refractivity contribution is -0.142. The molecule has 94 valence electrons. The molecular weight excluding hydrogens is 214 g/mol. The van der Waals surface area contributed by atoms with Gasteiger partial charge in [0.15, 0.2) is 0 Å². The van der Waals surface area contributed by atoms with E-state index in [1.54, 1.807) is 0 Å². The first-order chi connectivity index (χ1) is 8.15. The van der Waals surface area contributed by atoms with E-state index in [0.717, 1.165) is 5.69 Å². The Bertz CT molecular complexity index is 335. The molecule has 0 aliphatic heterocycles. The number of carbonyl (C=O) groups is 1. The van der Waals surface area contributed by atoms with Gasteiger partial charge in [-0.25, -0.2) is 0 Å². The minimum absolute atomic E-state index is 0.130. The van der Waals surface area contributed by atoms with E-state index >= 15 is 0 Å². The van der Waals surface area contributed by atoms with Gasteiger partial charge in [-0.1, -0.05) is 18.2 Å². The smallest absolute Gasteiger partial charge is 0.307 e. The first-order valence-corrected chi connectivity index (χ1v) is 6.12. The minimum atomic E-state index is -0.130. The van der Waals surface area contributed by atoms with Gasteiger partial charge in [0.05, 0.1) is 13.0 Å². The SMILES string of the molecule is CCOC(=O)CCN(c1ccccc1)C(C)C. The van der Waals surface area contributed by atoms with Gasteiger partial charge in [-0.2, -0.15) is 0 Å². The minimum Gasteiger partial charge on any atom is -0.466 e. The first kappa shape index (κ1) is 13.6. The van der Waals surface area contributed by atoms with Crippen molar-refractivity contribution in [1.29, 1.82) is 0 Å². The largest absolute Gasteiger partial charge is 0.466 e. The molecule has 0 fully saturated rings. The van der Waals surface area contributed by atoms with E-state index in [1.807, 2.05) is 25.1 Å². The van der Waals surface area contributed by atoms with E-state index in [1.165, 1.54) is 0 Å². The lowest BCUT2D eigenvalue weighted by Gasteiger charge is -2.28. The second-order valence-corrected chi connectivity index (χ2v) is 4.18. The molecule has 0 heterocycles. The van der Waals surface area contributed by atoms with Gasteiger partial charge in [0.2, 0.25) is 0 Å². The van der Waals surface area contributed by atoms with Crippen LogP contribution < -0.4 is 4.90 Å². The van der Waals surface area contributed by atoms with Gasteiger partial charge >= 0.3 is 5.97 Å². The van der Waals surface area contributed by atoms with Crippen LogP contribution in [0.25, 0.3) is 0 Å². The van der Waals surface area contributed by atoms with Crippen LogP contribution in [0.3, 0.4) is 0 Å². The Morgan fingerprint density at radius 3 is 2.47 bits per heavy atom. The summed E-state index contributed by atoms with van der Waals surface area (Å²) in [6.07, 6.45) is 0.431. The van der Waals surface area contributed by atoms with Crippen molar-refractivity contribution in [3.63, 3.8) is 0 Å². The normalized spacial score (nSPS) is 10.4. The molecule has 0 atom stereocenters. The van der Waals surface area contributed by atoms with Crippen molar-refractivity contribution in [2.75, 3.05) is 18.1 Å². The second kappa shape index (κ2) is 6.94. The molecule has 3 nitrogen and oxygen atoms in total. The molecule has 3 heteroatoms. The van der Waals surface area contributed by atoms with E-state index in [9.17, 15) is 4.79 Å². The molecule has 0 unspecified atom stereocenters. The summed E-state index contributed by atoms with van der Waals surface area (Å²) in [5.41, 5.74) is 1.15. The molecule has 0 saturated heterocycles. The summed E-state index contributed by atoms with van der Waals surface area (Å²) in [7, 11) is 0. The Morgan fingerprint density at radius 2 is 1.94 bits per heavy atom. The van der Waals surface area contributed by atoms with Gasteiger partial charge in [0, 0.05) is 18.3 Å². The van der Waals surface area contributed by atoms with E-state index < -0.39 is 0 Å². The summed E-state index contributed by atoms with van der Waals surface area (Å²) in [6, 6.07) is 10.5. The lowest BCUT2D eigenvalue weighted by atomic mass is 10.2. The highest BCUT2D eigenvalue weighted by Gasteiger charge is 2.12. The van der Waals surface area contributed by atoms with Crippen LogP contribution in [0.5, 0.6) is 0 Å². The highest BCUT2D eigenvalue weighted by atomic mass is 16.5. The lowest BCUT2D eigenvalue weighted by Crippen LogP contribution is -2.33. The summed E-state index contributed by atoms with van der Waals surface area (Å²) in [4.78, 5) is 13.6. The molecule has 0 N–H and O–H groups in total. The van der Waals surface area contributed by atoms with Crippen LogP contribution >= 0.6 is 0 Å². The third-order valence-corrected chi connectivity index (χ3v) is 2.57. The van der Waals surface area contributed by atoms with E-state index in [-0.39, 0.29) is 5.97 Å². The number of para-hydroxylation sites is 1. The van der Waals surface area contributed by atoms with E-state index in [4.69, 9.17) is 4.74 Å². The van der Waals surface area contributed by atoms with Gasteiger partial charge in [-0.05, 0) is 32.9 Å². The van der Waals surface area contributed by atoms with Crippen molar-refractivity contribution in [2.24, 2.45) is 0 Å². The molecule has 17 heavy (non-hydrogen) atoms. The highest BCUT2D eigenvalue weighted by Crippen LogP contribution is 2.16. The third-order valence-electron chi connectivity index (χ3n) is 2.57. The zero-order chi connectivity index (χ0) is 12.7. The van der Waals surface area contributed by atoms with Crippen LogP contribution in [-0.4, -0.2) is 25.2 Å². The number of nitrogens with zero attached hydrogens (tertiary/aromatic N) is 1. The first-order valence-electron chi connectivity index (χ1n) is 6.12. The molecule has 0 radical (unpaired) electrons. The molecule has 0 aliphatic rings. The number of carbonyl (C=O) groups excluding carboxylic acids is 1. The molecule has 0 aromatic heterocycles. The molecule has 0 aliphatic carbocycles. The zero-order valence-electron chi connectivity index (χ0n) is 10.8. The quantitative estimate of drug-likeness (QED) is 0.710. The van der Waals surface area contributed by atoms with E-state index in [2.05, 4.69) is 30.9 Å². The summed E-state index contributed by atoms with van der Waals surface area (Å²) in [5.74, 6) is -0.130. The van der Waals surface area contributed by atoms with Crippen molar-refractivity contribution in [3.8, 4) is 0 Å². The van der Waals surface area contributed by atoms with Crippen molar-refractivity contribution in [3.05, 3.63) is 30.3 Å². The number of benzene rings is 1. The number of anilines is 1. The monoisotopic (exact) mass is 235 g/mol. The van der Waals surface area contributed by atoms with E-state index in [0.29, 0.717) is 25.6 Å². The van der Waals surface area contributed by atoms with Crippen molar-refractivity contribution in [1.82, 2.24) is 0 Å². The molecule has 0 bridgehead atoms. The maximum atomic E-state index is 11.4. The number of rotatable bonds is 6. The number of hydrogen-bond acceptors (Lipinski definition) is 3. The Kier molecular flexibility index (Phi) is 5.53. The molecule has 0 amide bonds. The Hall–Kier alpha value is -1.51. The standard InChI is InChI=1S/C14H21NO2/c1-4-17-14(16)10-11-15(12(2)3)13-8-6-5-7-9-13/h5-9,12H,4,10-11H2,1-3H3. The van der Waals surface area contributed by atoms with Crippen molar-refractivity contribution < 1.29 is 9.53 Å². The average molecular weight is 235 g/mol. The molecule has 0 spiro atoms. The number of ether oxygens (including phenoxy) is 1. The summed E-state index contributed by atoms with van der Waals surface area (Å²) in [6.45, 7) is 7.22. The topological polar surface area (TPSA) is 29.5 Å². The average Bonchev–Trinajstić information content (AvgIpc) is 2.30. The number of esters is 1. The van der Waals surface area contributed by atoms with Crippen LogP contribution in [-0.2, 0) is 9.53 Å². The Morgan fingerprint density at radius 1 is 1.29 bits per heavy atom. The number of hydrogen-bond donors (Lipinski definition) is 0. The molecule has 0 saturated carbocycles. The zero-order valence-corrected chi connectivity index (χ0v) is 10.8. The molecule has 1 aromatic carbocycles. The van der Waals surface area contributed by atoms with Crippen LogP contribution in [0.2, 0.25) is 0 Å². The van der Waals surface area contributed by atoms with Crippen molar-refractivity contribution >= 4 is 11.7 Å². The Balaban J connectivity index is 2.59. The third kappa shape index (κ3) is 4.47. The highest BCUT2D eigenvalue weighted by molar-refractivity contribution is 5.70. The Labute approximate surface area is 103 Å². The summed E-state index contributed by atoms with van der Waals surface area (Å²) >= 11 is 0. The molecule has 1 aromatic rings. The van der Waals surface area contributed by atoms with Gasteiger partial charge in [0.25, 0.3) is 0 Å². The fourth-order valence-electron chi connectivity index (χ4n) is 1.75. The summed E-state index contributed by atoms with van der Waals surface area (Å²) < 4.78 is 4.94. The van der Waals surface area contributed by atoms with Crippen LogP contribution in [0.1, 0.15) is 27.2 Å². The maximum Gasteiger partial charge on any atom is 0.307 e. The fraction of sp³-hybridized carbons (Fsp3) is 0.500. The molecule has 1 rings (SSSR count). The van der Waals surface area contributed by atoms with Crippen LogP contribution in [0, 0.1) is 0 Å².